The van der Waals surface area contributed by atoms with Crippen LogP contribution in [0.15, 0.2) is 218 Å². The minimum absolute atomic E-state index is 0.821. The molecule has 0 spiro atoms. The number of hydrogen-bond acceptors (Lipinski definition) is 2. The average molecular weight is 1270 g/mol. The Labute approximate surface area is 576 Å². The lowest BCUT2D eigenvalue weighted by Crippen LogP contribution is -2.08. The lowest BCUT2D eigenvalue weighted by Gasteiger charge is -2.22. The van der Waals surface area contributed by atoms with Gasteiger partial charge in [-0.25, -0.2) is 0 Å². The second-order valence-corrected chi connectivity index (χ2v) is 27.2. The van der Waals surface area contributed by atoms with Gasteiger partial charge in [-0.3, -0.25) is 0 Å². The van der Waals surface area contributed by atoms with Gasteiger partial charge in [0.15, 0.2) is 0 Å². The summed E-state index contributed by atoms with van der Waals surface area (Å²) in [4.78, 5) is 0. The van der Waals surface area contributed by atoms with Crippen molar-refractivity contribution in [1.29, 1.82) is 0 Å². The number of benzene rings is 13. The quantitative estimate of drug-likeness (QED) is 0.0898. The lowest BCUT2D eigenvalue weighted by molar-refractivity contribution is 0.412. The van der Waals surface area contributed by atoms with Crippen molar-refractivity contribution >= 4 is 64.6 Å². The van der Waals surface area contributed by atoms with Crippen molar-refractivity contribution in [3.8, 4) is 33.8 Å². The van der Waals surface area contributed by atoms with Gasteiger partial charge in [0, 0.05) is 10.8 Å². The molecule has 0 saturated carbocycles. The highest BCUT2D eigenvalue weighted by Crippen LogP contribution is 2.45. The van der Waals surface area contributed by atoms with E-state index >= 15 is 0 Å². The van der Waals surface area contributed by atoms with E-state index in [1.165, 1.54) is 185 Å². The smallest absolute Gasteiger partial charge is 0.129 e. The van der Waals surface area contributed by atoms with Gasteiger partial charge in [-0.2, -0.15) is 0 Å². The van der Waals surface area contributed by atoms with Crippen LogP contribution in [-0.4, -0.2) is 14.2 Å². The number of unbranched alkanes of at least 4 members (excludes halogenated alkanes) is 2. The molecule has 2 unspecified atom stereocenters. The highest BCUT2D eigenvalue weighted by molar-refractivity contribution is 6.21. The van der Waals surface area contributed by atoms with Crippen molar-refractivity contribution in [2.75, 3.05) is 14.2 Å². The maximum absolute atomic E-state index is 5.44. The van der Waals surface area contributed by atoms with Crippen molar-refractivity contribution < 1.29 is 9.47 Å². The van der Waals surface area contributed by atoms with Crippen molar-refractivity contribution in [2.24, 2.45) is 11.8 Å². The Bertz CT molecular complexity index is 4430. The first-order valence-electron chi connectivity index (χ1n) is 35.6. The Balaban J connectivity index is 0.000000148. The van der Waals surface area contributed by atoms with E-state index in [1.807, 2.05) is 13.8 Å². The maximum Gasteiger partial charge on any atom is 0.129 e. The molecule has 0 aromatic heterocycles. The highest BCUT2D eigenvalue weighted by atomic mass is 16.5. The molecule has 13 aromatic carbocycles. The zero-order valence-corrected chi connectivity index (χ0v) is 60.8. The predicted octanol–water partition coefficient (Wildman–Crippen LogP) is 27.3. The Morgan fingerprint density at radius 1 is 0.281 bits per heavy atom. The van der Waals surface area contributed by atoms with Gasteiger partial charge in [0.1, 0.15) is 11.5 Å². The molecule has 0 aliphatic rings. The molecule has 0 heterocycles. The molecular formula is C94H106O2. The first-order valence-corrected chi connectivity index (χ1v) is 35.6. The zero-order chi connectivity index (χ0) is 68.4. The summed E-state index contributed by atoms with van der Waals surface area (Å²) in [5, 5.41) is 15.9. The minimum atomic E-state index is 0.821. The number of rotatable bonds is 16. The number of methoxy groups -OCH3 is 2. The topological polar surface area (TPSA) is 18.5 Å². The molecule has 13 aromatic rings. The van der Waals surface area contributed by atoms with Crippen LogP contribution in [0.3, 0.4) is 0 Å². The SMILES string of the molecule is CCCCC(CC)Cc1c(C)ccc2c(CC(CC)CCCC)c(C)ccc12.COc1c(C)ccc2c(OC)c(C)ccc12.Cc1ccc(C)c2ccccc12.Cc1ccc2c(-c3ccccc3)c3cc(C)ccc3c(-c3ccccc3)c2c1.Cc1ccc2ccc(C)cc2c1. The normalized spacial score (nSPS) is 11.7. The van der Waals surface area contributed by atoms with Crippen LogP contribution in [0.25, 0.3) is 86.9 Å². The van der Waals surface area contributed by atoms with E-state index in [2.05, 4.69) is 301 Å². The van der Waals surface area contributed by atoms with Crippen LogP contribution < -0.4 is 9.47 Å². The zero-order valence-electron chi connectivity index (χ0n) is 60.8. The number of hydrogen-bond donors (Lipinski definition) is 0. The van der Waals surface area contributed by atoms with Crippen LogP contribution in [0.1, 0.15) is 146 Å². The van der Waals surface area contributed by atoms with Gasteiger partial charge in [0.2, 0.25) is 0 Å². The van der Waals surface area contributed by atoms with E-state index in [0.29, 0.717) is 0 Å². The molecule has 0 saturated heterocycles. The Kier molecular flexibility index (Phi) is 25.3. The van der Waals surface area contributed by atoms with Gasteiger partial charge in [0.05, 0.1) is 14.2 Å². The Morgan fingerprint density at radius 3 is 0.990 bits per heavy atom. The second-order valence-electron chi connectivity index (χ2n) is 27.2. The molecule has 0 amide bonds. The first-order chi connectivity index (χ1) is 46.5. The van der Waals surface area contributed by atoms with Crippen LogP contribution in [0.2, 0.25) is 0 Å². The molecule has 0 aliphatic heterocycles. The van der Waals surface area contributed by atoms with Crippen molar-refractivity contribution in [1.82, 2.24) is 0 Å². The van der Waals surface area contributed by atoms with Crippen LogP contribution >= 0.6 is 0 Å². The third-order valence-corrected chi connectivity index (χ3v) is 19.9. The van der Waals surface area contributed by atoms with E-state index in [9.17, 15) is 0 Å². The summed E-state index contributed by atoms with van der Waals surface area (Å²) < 4.78 is 10.9. The molecule has 96 heavy (non-hydrogen) atoms. The van der Waals surface area contributed by atoms with Gasteiger partial charge in [-0.15, -0.1) is 0 Å². The van der Waals surface area contributed by atoms with Gasteiger partial charge in [-0.05, 0) is 215 Å². The largest absolute Gasteiger partial charge is 0.496 e. The molecular weight excluding hydrogens is 1160 g/mol. The fourth-order valence-corrected chi connectivity index (χ4v) is 14.2. The van der Waals surface area contributed by atoms with Crippen LogP contribution in [0.5, 0.6) is 11.5 Å². The lowest BCUT2D eigenvalue weighted by atomic mass is 9.83. The summed E-state index contributed by atoms with van der Waals surface area (Å²) in [5.41, 5.74) is 21.6. The second kappa shape index (κ2) is 34.1. The van der Waals surface area contributed by atoms with Crippen molar-refractivity contribution in [3.05, 3.63) is 285 Å². The molecule has 2 heteroatoms. The minimum Gasteiger partial charge on any atom is -0.496 e. The fourth-order valence-electron chi connectivity index (χ4n) is 14.2. The molecule has 0 fully saturated rings. The van der Waals surface area contributed by atoms with Crippen molar-refractivity contribution in [3.63, 3.8) is 0 Å². The average Bonchev–Trinajstić information content (AvgIpc) is 0.735. The monoisotopic (exact) mass is 1270 g/mol. The molecule has 494 valence electrons. The molecule has 0 radical (unpaired) electrons. The molecule has 0 bridgehead atoms. The maximum atomic E-state index is 5.44. The van der Waals surface area contributed by atoms with E-state index in [0.717, 1.165) is 45.2 Å². The van der Waals surface area contributed by atoms with E-state index in [-0.39, 0.29) is 0 Å². The Morgan fingerprint density at radius 2 is 0.615 bits per heavy atom. The van der Waals surface area contributed by atoms with E-state index in [4.69, 9.17) is 9.47 Å². The molecule has 2 nitrogen and oxygen atoms in total. The summed E-state index contributed by atoms with van der Waals surface area (Å²) in [6.45, 7) is 31.0. The number of aryl methyl sites for hydroxylation is 10. The van der Waals surface area contributed by atoms with Crippen LogP contribution in [0, 0.1) is 81.1 Å². The molecule has 13 rings (SSSR count). The van der Waals surface area contributed by atoms with Gasteiger partial charge >= 0.3 is 0 Å². The standard InChI is InChI=1S/C28H22.C28H44.C14H16O2.2C12H12/c1-19-13-15-23-25(17-19)27(21-9-5-3-6-10-21)24-16-14-20(2)18-26(24)28(23)22-11-7-4-8-12-22;1-7-11-13-23(9-3)19-27-21(5)15-18-26-25(27)17-16-22(6)28(26)20-24(10-4)14-12-8-2;1-9-5-7-12-11(13(9)15-3)8-6-10(2)14(12)16-4;1-9-3-5-11-6-4-10(2)8-12(11)7-9;1-9-7-8-10(2)12-6-4-3-5-11(9)12/h3-18H,1-2H3;15-18,23-24H,7-14,19-20H2,1-6H3;5-8H,1-4H3;2*3-8H,1-2H3. The summed E-state index contributed by atoms with van der Waals surface area (Å²) in [6.07, 6.45) is 13.2. The number of fused-ring (bicyclic) bond motifs is 6. The molecule has 0 N–H and O–H groups in total. The van der Waals surface area contributed by atoms with Gasteiger partial charge < -0.3 is 9.47 Å². The summed E-state index contributed by atoms with van der Waals surface area (Å²) in [5.74, 6) is 3.50. The predicted molar refractivity (Wildman–Crippen MR) is 423 cm³/mol. The van der Waals surface area contributed by atoms with E-state index in [1.54, 1.807) is 25.3 Å². The fraction of sp³-hybridized carbons (Fsp3) is 0.298. The summed E-state index contributed by atoms with van der Waals surface area (Å²) in [7, 11) is 3.40. The number of ether oxygens (including phenoxy) is 2. The van der Waals surface area contributed by atoms with Crippen LogP contribution in [0.4, 0.5) is 0 Å². The summed E-state index contributed by atoms with van der Waals surface area (Å²) in [6, 6.07) is 79.1. The first kappa shape index (κ1) is 71.3. The third-order valence-electron chi connectivity index (χ3n) is 19.9. The van der Waals surface area contributed by atoms with Crippen LogP contribution in [-0.2, 0) is 12.8 Å². The molecule has 2 atom stereocenters. The Hall–Kier alpha value is -8.98. The highest BCUT2D eigenvalue weighted by Gasteiger charge is 2.19. The van der Waals surface area contributed by atoms with Crippen molar-refractivity contribution in [2.45, 2.75) is 161 Å². The van der Waals surface area contributed by atoms with Gasteiger partial charge in [-0.1, -0.05) is 320 Å². The van der Waals surface area contributed by atoms with Gasteiger partial charge in [0.25, 0.3) is 0 Å². The molecule has 0 aliphatic carbocycles. The third kappa shape index (κ3) is 17.2. The van der Waals surface area contributed by atoms with E-state index < -0.39 is 0 Å². The summed E-state index contributed by atoms with van der Waals surface area (Å²) >= 11 is 0.